The number of nitrogens with one attached hydrogen (secondary N) is 2. The first-order valence-electron chi connectivity index (χ1n) is 8.24. The van der Waals surface area contributed by atoms with E-state index in [1.165, 1.54) is 0 Å². The number of methoxy groups -OCH3 is 1. The number of hydrogen-bond acceptors (Lipinski definition) is 5. The number of aliphatic imine (C=N–C) groups is 1. The molecule has 0 saturated heterocycles. The molecular formula is C17H30N4O4S. The van der Waals surface area contributed by atoms with Gasteiger partial charge in [0.25, 0.3) is 0 Å². The number of rotatable bonds is 9. The molecule has 0 aliphatic heterocycles. The lowest BCUT2D eigenvalue weighted by molar-refractivity contribution is 0.280. The highest BCUT2D eigenvalue weighted by atomic mass is 32.2. The third kappa shape index (κ3) is 8.39. The molecule has 148 valence electrons. The molecule has 0 spiro atoms. The van der Waals surface area contributed by atoms with Crippen LogP contribution in [-0.4, -0.2) is 72.0 Å². The van der Waals surface area contributed by atoms with Crippen LogP contribution in [0.25, 0.3) is 0 Å². The summed E-state index contributed by atoms with van der Waals surface area (Å²) in [7, 11) is 1.92. The highest BCUT2D eigenvalue weighted by molar-refractivity contribution is 7.88. The van der Waals surface area contributed by atoms with Crippen molar-refractivity contribution in [3.05, 3.63) is 24.3 Å². The molecule has 1 aromatic rings. The van der Waals surface area contributed by atoms with Gasteiger partial charge >= 0.3 is 0 Å². The summed E-state index contributed by atoms with van der Waals surface area (Å²) < 4.78 is 36.2. The van der Waals surface area contributed by atoms with E-state index in [1.54, 1.807) is 28.0 Å². The fourth-order valence-corrected chi connectivity index (χ4v) is 3.38. The standard InChI is InChI=1S/C17H30N4O4S/c1-17(2,20-26(6,22)23)13-19-16(18-3)21(4)11-12-25-15-9-7-14(24-5)8-10-15/h7-10,20H,11-13H2,1-6H3,(H,18,19). The zero-order valence-corrected chi connectivity index (χ0v) is 17.2. The van der Waals surface area contributed by atoms with E-state index in [1.807, 2.05) is 36.2 Å². The van der Waals surface area contributed by atoms with Gasteiger partial charge in [0.05, 0.1) is 19.9 Å². The van der Waals surface area contributed by atoms with Crippen molar-refractivity contribution in [1.82, 2.24) is 14.9 Å². The number of guanidine groups is 1. The molecule has 0 radical (unpaired) electrons. The predicted octanol–water partition coefficient (Wildman–Crippen LogP) is 0.909. The van der Waals surface area contributed by atoms with E-state index in [-0.39, 0.29) is 0 Å². The lowest BCUT2D eigenvalue weighted by Crippen LogP contribution is -2.53. The molecule has 0 bridgehead atoms. The molecule has 0 heterocycles. The minimum absolute atomic E-state index is 0.399. The molecule has 0 aliphatic rings. The highest BCUT2D eigenvalue weighted by Crippen LogP contribution is 2.16. The second kappa shape index (κ2) is 9.63. The minimum Gasteiger partial charge on any atom is -0.497 e. The molecule has 9 heteroatoms. The highest BCUT2D eigenvalue weighted by Gasteiger charge is 2.22. The van der Waals surface area contributed by atoms with Crippen LogP contribution in [0.2, 0.25) is 0 Å². The number of likely N-dealkylation sites (N-methyl/N-ethyl adjacent to an activating group) is 1. The molecule has 0 atom stereocenters. The van der Waals surface area contributed by atoms with E-state index >= 15 is 0 Å². The van der Waals surface area contributed by atoms with Gasteiger partial charge in [-0.3, -0.25) is 4.99 Å². The Labute approximate surface area is 156 Å². The molecular weight excluding hydrogens is 356 g/mol. The van der Waals surface area contributed by atoms with Crippen LogP contribution >= 0.6 is 0 Å². The molecule has 1 rings (SSSR count). The fraction of sp³-hybridized carbons (Fsp3) is 0.588. The van der Waals surface area contributed by atoms with Crippen LogP contribution in [-0.2, 0) is 10.0 Å². The quantitative estimate of drug-likeness (QED) is 0.484. The van der Waals surface area contributed by atoms with Crippen LogP contribution in [0.1, 0.15) is 13.8 Å². The molecule has 0 saturated carbocycles. The van der Waals surface area contributed by atoms with Gasteiger partial charge in [0.15, 0.2) is 5.96 Å². The lowest BCUT2D eigenvalue weighted by atomic mass is 10.1. The number of nitrogens with zero attached hydrogens (tertiary/aromatic N) is 2. The second-order valence-corrected chi connectivity index (χ2v) is 8.35. The van der Waals surface area contributed by atoms with Crippen molar-refractivity contribution >= 4 is 16.0 Å². The first-order valence-corrected chi connectivity index (χ1v) is 10.1. The topological polar surface area (TPSA) is 92.3 Å². The maximum absolute atomic E-state index is 11.4. The zero-order chi connectivity index (χ0) is 19.8. The SMILES string of the molecule is CN=C(NCC(C)(C)NS(C)(=O)=O)N(C)CCOc1ccc(OC)cc1. The summed E-state index contributed by atoms with van der Waals surface area (Å²) in [6, 6.07) is 7.39. The summed E-state index contributed by atoms with van der Waals surface area (Å²) in [5.41, 5.74) is -0.635. The fourth-order valence-electron chi connectivity index (χ4n) is 2.30. The molecule has 1 aromatic carbocycles. The molecule has 26 heavy (non-hydrogen) atoms. The van der Waals surface area contributed by atoms with E-state index in [4.69, 9.17) is 9.47 Å². The number of sulfonamides is 1. The molecule has 0 aromatic heterocycles. The van der Waals surface area contributed by atoms with Gasteiger partial charge in [0.1, 0.15) is 18.1 Å². The molecule has 0 fully saturated rings. The van der Waals surface area contributed by atoms with Crippen LogP contribution in [0.5, 0.6) is 11.5 Å². The van der Waals surface area contributed by atoms with Gasteiger partial charge < -0.3 is 19.7 Å². The van der Waals surface area contributed by atoms with Crippen molar-refractivity contribution in [2.24, 2.45) is 4.99 Å². The smallest absolute Gasteiger partial charge is 0.209 e. The van der Waals surface area contributed by atoms with E-state index in [0.29, 0.717) is 25.7 Å². The Hall–Kier alpha value is -2.00. The summed E-state index contributed by atoms with van der Waals surface area (Å²) in [4.78, 5) is 6.13. The number of benzene rings is 1. The van der Waals surface area contributed by atoms with Crippen molar-refractivity contribution < 1.29 is 17.9 Å². The molecule has 0 unspecified atom stereocenters. The van der Waals surface area contributed by atoms with E-state index < -0.39 is 15.6 Å². The Morgan fingerprint density at radius 3 is 2.31 bits per heavy atom. The maximum Gasteiger partial charge on any atom is 0.209 e. The Morgan fingerprint density at radius 2 is 1.81 bits per heavy atom. The Kier molecular flexibility index (Phi) is 8.16. The molecule has 0 aliphatic carbocycles. The van der Waals surface area contributed by atoms with E-state index in [9.17, 15) is 8.42 Å². The van der Waals surface area contributed by atoms with Crippen molar-refractivity contribution in [1.29, 1.82) is 0 Å². The summed E-state index contributed by atoms with van der Waals surface area (Å²) in [5.74, 6) is 2.21. The summed E-state index contributed by atoms with van der Waals surface area (Å²) >= 11 is 0. The van der Waals surface area contributed by atoms with Crippen LogP contribution in [0.3, 0.4) is 0 Å². The van der Waals surface area contributed by atoms with Crippen molar-refractivity contribution in [2.45, 2.75) is 19.4 Å². The van der Waals surface area contributed by atoms with Crippen LogP contribution < -0.4 is 19.5 Å². The van der Waals surface area contributed by atoms with Gasteiger partial charge in [-0.25, -0.2) is 13.1 Å². The lowest BCUT2D eigenvalue weighted by Gasteiger charge is -2.29. The Bertz CT molecular complexity index is 687. The first-order chi connectivity index (χ1) is 12.1. The van der Waals surface area contributed by atoms with E-state index in [0.717, 1.165) is 17.8 Å². The average molecular weight is 387 g/mol. The van der Waals surface area contributed by atoms with Gasteiger partial charge in [0, 0.05) is 26.2 Å². The van der Waals surface area contributed by atoms with Gasteiger partial charge in [-0.05, 0) is 38.1 Å². The molecule has 8 nitrogen and oxygen atoms in total. The van der Waals surface area contributed by atoms with Crippen LogP contribution in [0, 0.1) is 0 Å². The predicted molar refractivity (Wildman–Crippen MR) is 105 cm³/mol. The first kappa shape index (κ1) is 22.0. The van der Waals surface area contributed by atoms with Gasteiger partial charge in [0.2, 0.25) is 10.0 Å². The monoisotopic (exact) mass is 386 g/mol. The van der Waals surface area contributed by atoms with Crippen molar-refractivity contribution in [3.8, 4) is 11.5 Å². The largest absolute Gasteiger partial charge is 0.497 e. The summed E-state index contributed by atoms with van der Waals surface area (Å²) in [5, 5.41) is 3.17. The van der Waals surface area contributed by atoms with Gasteiger partial charge in [-0.15, -0.1) is 0 Å². The van der Waals surface area contributed by atoms with Gasteiger partial charge in [-0.2, -0.15) is 0 Å². The minimum atomic E-state index is -3.28. The Balaban J connectivity index is 2.46. The summed E-state index contributed by atoms with van der Waals surface area (Å²) in [6.45, 7) is 5.11. The van der Waals surface area contributed by atoms with Gasteiger partial charge in [-0.1, -0.05) is 0 Å². The Morgan fingerprint density at radius 1 is 1.23 bits per heavy atom. The maximum atomic E-state index is 11.4. The third-order valence-corrected chi connectivity index (χ3v) is 4.40. The third-order valence-electron chi connectivity index (χ3n) is 3.48. The van der Waals surface area contributed by atoms with Crippen molar-refractivity contribution in [3.63, 3.8) is 0 Å². The summed E-state index contributed by atoms with van der Waals surface area (Å²) in [6.07, 6.45) is 1.15. The van der Waals surface area contributed by atoms with Crippen molar-refractivity contribution in [2.75, 3.05) is 47.2 Å². The normalized spacial score (nSPS) is 12.6. The van der Waals surface area contributed by atoms with Crippen LogP contribution in [0.4, 0.5) is 0 Å². The second-order valence-electron chi connectivity index (χ2n) is 6.60. The zero-order valence-electron chi connectivity index (χ0n) is 16.4. The molecule has 0 amide bonds. The van der Waals surface area contributed by atoms with Crippen LogP contribution in [0.15, 0.2) is 29.3 Å². The number of hydrogen-bond donors (Lipinski definition) is 2. The number of ether oxygens (including phenoxy) is 2. The molecule has 2 N–H and O–H groups in total. The van der Waals surface area contributed by atoms with E-state index in [2.05, 4.69) is 15.0 Å². The average Bonchev–Trinajstić information content (AvgIpc) is 2.53.